The fourth-order valence-electron chi connectivity index (χ4n) is 1.23. The van der Waals surface area contributed by atoms with Crippen LogP contribution in [0.2, 0.25) is 5.02 Å². The highest BCUT2D eigenvalue weighted by molar-refractivity contribution is 9.13. The third kappa shape index (κ3) is 3.21. The number of hydrogen-bond acceptors (Lipinski definition) is 2. The zero-order valence-electron chi connectivity index (χ0n) is 8.88. The van der Waals surface area contributed by atoms with Gasteiger partial charge in [0.2, 0.25) is 0 Å². The first kappa shape index (κ1) is 12.9. The molecule has 1 heterocycles. The van der Waals surface area contributed by atoms with Crippen LogP contribution >= 0.6 is 43.5 Å². The van der Waals surface area contributed by atoms with Crippen LogP contribution in [0.15, 0.2) is 42.8 Å². The lowest BCUT2D eigenvalue weighted by molar-refractivity contribution is 0.533. The highest BCUT2D eigenvalue weighted by Gasteiger charge is 2.03. The molecule has 0 atom stereocenters. The highest BCUT2D eigenvalue weighted by atomic mass is 79.9. The van der Waals surface area contributed by atoms with Crippen molar-refractivity contribution in [1.82, 2.24) is 0 Å². The molecule has 0 amide bonds. The van der Waals surface area contributed by atoms with Gasteiger partial charge in [-0.3, -0.25) is 4.99 Å². The molecule has 0 aliphatic heterocycles. The summed E-state index contributed by atoms with van der Waals surface area (Å²) in [6, 6.07) is 7.50. The number of benzene rings is 1. The Kier molecular flexibility index (Phi) is 4.07. The number of furan rings is 1. The normalized spacial score (nSPS) is 11.3. The molecule has 0 aliphatic carbocycles. The first-order valence-corrected chi connectivity index (χ1v) is 6.78. The number of nitrogens with zero attached hydrogens (tertiary/aromatic N) is 1. The second-order valence-corrected chi connectivity index (χ2v) is 5.44. The van der Waals surface area contributed by atoms with Crippen LogP contribution < -0.4 is 0 Å². The molecule has 0 spiro atoms. The summed E-state index contributed by atoms with van der Waals surface area (Å²) in [4.78, 5) is 4.29. The van der Waals surface area contributed by atoms with E-state index in [9.17, 15) is 0 Å². The molecule has 0 fully saturated rings. The molecule has 2 aromatic rings. The minimum Gasteiger partial charge on any atom is -0.447 e. The van der Waals surface area contributed by atoms with Gasteiger partial charge in [0, 0.05) is 11.1 Å². The predicted octanol–water partition coefficient (Wildman–Crippen LogP) is 5.52. The fourth-order valence-corrected chi connectivity index (χ4v) is 2.01. The van der Waals surface area contributed by atoms with Gasteiger partial charge in [0.1, 0.15) is 5.76 Å². The molecular formula is C12H8Br2ClNO. The molecule has 0 unspecified atom stereocenters. The van der Waals surface area contributed by atoms with Crippen LogP contribution in [0, 0.1) is 6.92 Å². The summed E-state index contributed by atoms with van der Waals surface area (Å²) in [6.45, 7) is 1.95. The number of aliphatic imine (C=N–C) groups is 1. The van der Waals surface area contributed by atoms with Crippen molar-refractivity contribution in [3.8, 4) is 0 Å². The molecule has 0 saturated carbocycles. The molecule has 2 nitrogen and oxygen atoms in total. The van der Waals surface area contributed by atoms with E-state index >= 15 is 0 Å². The molecule has 88 valence electrons. The van der Waals surface area contributed by atoms with Gasteiger partial charge < -0.3 is 4.42 Å². The maximum Gasteiger partial charge on any atom is 0.184 e. The van der Waals surface area contributed by atoms with Crippen molar-refractivity contribution in [2.75, 3.05) is 0 Å². The maximum atomic E-state index is 6.01. The Morgan fingerprint density at radius 1 is 1.29 bits per heavy atom. The molecule has 17 heavy (non-hydrogen) atoms. The van der Waals surface area contributed by atoms with Gasteiger partial charge in [0.25, 0.3) is 0 Å². The summed E-state index contributed by atoms with van der Waals surface area (Å²) in [7, 11) is 0. The van der Waals surface area contributed by atoms with Gasteiger partial charge in [-0.2, -0.15) is 0 Å². The molecule has 1 aromatic carbocycles. The van der Waals surface area contributed by atoms with Gasteiger partial charge >= 0.3 is 0 Å². The lowest BCUT2D eigenvalue weighted by Crippen LogP contribution is -1.76. The summed E-state index contributed by atoms with van der Waals surface area (Å²) in [5.74, 6) is 0.667. The van der Waals surface area contributed by atoms with Gasteiger partial charge in [-0.25, -0.2) is 0 Å². The van der Waals surface area contributed by atoms with E-state index in [1.165, 1.54) is 0 Å². The largest absolute Gasteiger partial charge is 0.447 e. The van der Waals surface area contributed by atoms with Crippen LogP contribution in [0.1, 0.15) is 11.3 Å². The van der Waals surface area contributed by atoms with Gasteiger partial charge in [-0.1, -0.05) is 17.7 Å². The molecule has 0 N–H and O–H groups in total. The lowest BCUT2D eigenvalue weighted by atomic mass is 10.2. The second kappa shape index (κ2) is 5.38. The topological polar surface area (TPSA) is 25.5 Å². The Morgan fingerprint density at radius 2 is 2.06 bits per heavy atom. The summed E-state index contributed by atoms with van der Waals surface area (Å²) in [6.07, 6.45) is 1.65. The van der Waals surface area contributed by atoms with Crippen LogP contribution in [-0.2, 0) is 0 Å². The van der Waals surface area contributed by atoms with Crippen LogP contribution in [0.3, 0.4) is 0 Å². The first-order valence-electron chi connectivity index (χ1n) is 4.81. The Morgan fingerprint density at radius 3 is 2.65 bits per heavy atom. The zero-order chi connectivity index (χ0) is 12.4. The smallest absolute Gasteiger partial charge is 0.184 e. The van der Waals surface area contributed by atoms with E-state index in [-0.39, 0.29) is 0 Å². The van der Waals surface area contributed by atoms with Gasteiger partial charge in [0.05, 0.1) is 16.4 Å². The maximum absolute atomic E-state index is 6.01. The second-order valence-electron chi connectivity index (χ2n) is 3.46. The molecule has 0 bridgehead atoms. The van der Waals surface area contributed by atoms with E-state index in [1.807, 2.05) is 31.2 Å². The van der Waals surface area contributed by atoms with E-state index in [0.717, 1.165) is 15.7 Å². The van der Waals surface area contributed by atoms with Crippen molar-refractivity contribution >= 4 is 55.4 Å². The molecule has 0 saturated heterocycles. The quantitative estimate of drug-likeness (QED) is 0.633. The van der Waals surface area contributed by atoms with E-state index in [1.54, 1.807) is 6.21 Å². The van der Waals surface area contributed by atoms with Crippen molar-refractivity contribution in [1.29, 1.82) is 0 Å². The molecule has 0 radical (unpaired) electrons. The predicted molar refractivity (Wildman–Crippen MR) is 77.6 cm³/mol. The zero-order valence-corrected chi connectivity index (χ0v) is 12.8. The summed E-state index contributed by atoms with van der Waals surface area (Å²) in [5.41, 5.74) is 1.83. The average Bonchev–Trinajstić information content (AvgIpc) is 2.60. The van der Waals surface area contributed by atoms with Gasteiger partial charge in [-0.05, 0) is 56.5 Å². The van der Waals surface area contributed by atoms with E-state index in [4.69, 9.17) is 16.0 Å². The summed E-state index contributed by atoms with van der Waals surface area (Å²) < 4.78 is 6.89. The fraction of sp³-hybridized carbons (Fsp3) is 0.0833. The van der Waals surface area contributed by atoms with Crippen molar-refractivity contribution in [2.45, 2.75) is 6.92 Å². The number of halogens is 3. The van der Waals surface area contributed by atoms with E-state index in [2.05, 4.69) is 36.9 Å². The molecular weight excluding hydrogens is 369 g/mol. The molecule has 0 aliphatic rings. The standard InChI is InChI=1S/C12H8Br2ClNO/c1-7-2-3-8(4-11(7)15)16-6-9-5-10(13)12(14)17-9/h2-6H,1H3. The Bertz CT molecular complexity index is 558. The van der Waals surface area contributed by atoms with Crippen LogP contribution in [0.25, 0.3) is 0 Å². The minimum atomic E-state index is 0.654. The van der Waals surface area contributed by atoms with Crippen molar-refractivity contribution in [2.24, 2.45) is 4.99 Å². The van der Waals surface area contributed by atoms with Crippen molar-refractivity contribution in [3.05, 3.63) is 49.8 Å². The SMILES string of the molecule is Cc1ccc(N=Cc2cc(Br)c(Br)o2)cc1Cl. The third-order valence-corrected chi connectivity index (χ3v) is 4.28. The van der Waals surface area contributed by atoms with Crippen LogP contribution in [-0.4, -0.2) is 6.21 Å². The number of rotatable bonds is 2. The Hall–Kier alpha value is -0.580. The lowest BCUT2D eigenvalue weighted by Gasteiger charge is -1.97. The monoisotopic (exact) mass is 375 g/mol. The number of aryl methyl sites for hydroxylation is 1. The first-order chi connectivity index (χ1) is 8.06. The Balaban J connectivity index is 2.22. The summed E-state index contributed by atoms with van der Waals surface area (Å²) in [5, 5.41) is 0.710. The van der Waals surface area contributed by atoms with Crippen LogP contribution in [0.5, 0.6) is 0 Å². The third-order valence-electron chi connectivity index (χ3n) is 2.16. The highest BCUT2D eigenvalue weighted by Crippen LogP contribution is 2.26. The van der Waals surface area contributed by atoms with Crippen molar-refractivity contribution in [3.63, 3.8) is 0 Å². The minimum absolute atomic E-state index is 0.654. The van der Waals surface area contributed by atoms with Gasteiger partial charge in [0.15, 0.2) is 4.67 Å². The average molecular weight is 377 g/mol. The van der Waals surface area contributed by atoms with E-state index in [0.29, 0.717) is 15.5 Å². The van der Waals surface area contributed by atoms with Crippen molar-refractivity contribution < 1.29 is 4.42 Å². The molecule has 5 heteroatoms. The number of hydrogen-bond donors (Lipinski definition) is 0. The van der Waals surface area contributed by atoms with Gasteiger partial charge in [-0.15, -0.1) is 0 Å². The summed E-state index contributed by atoms with van der Waals surface area (Å²) >= 11 is 12.6. The Labute approximate surface area is 121 Å². The van der Waals surface area contributed by atoms with Crippen LogP contribution in [0.4, 0.5) is 5.69 Å². The van der Waals surface area contributed by atoms with E-state index < -0.39 is 0 Å². The molecule has 1 aromatic heterocycles. The molecule has 2 rings (SSSR count).